The molecule has 0 aromatic heterocycles. The average Bonchev–Trinajstić information content (AvgIpc) is 2.66. The fraction of sp³-hybridized carbons (Fsp3) is 0.300. The van der Waals surface area contributed by atoms with Gasteiger partial charge in [0.1, 0.15) is 11.5 Å². The number of amides is 2. The van der Waals surface area contributed by atoms with Gasteiger partial charge in [-0.2, -0.15) is 0 Å². The molecule has 0 radical (unpaired) electrons. The second-order valence-electron chi connectivity index (χ2n) is 6.54. The Bertz CT molecular complexity index is 906. The molecule has 2 rings (SSSR count). The Balaban J connectivity index is 1.81. The van der Waals surface area contributed by atoms with E-state index in [0.717, 1.165) is 15.6 Å². The lowest BCUT2D eigenvalue weighted by molar-refractivity contribution is -0.131. The van der Waals surface area contributed by atoms with Gasteiger partial charge in [0.15, 0.2) is 13.2 Å². The Morgan fingerprint density at radius 2 is 1.59 bits per heavy atom. The van der Waals surface area contributed by atoms with E-state index >= 15 is 0 Å². The van der Waals surface area contributed by atoms with Gasteiger partial charge in [0.25, 0.3) is 11.8 Å². The number of carbonyl (C=O) groups is 2. The molecule has 29 heavy (non-hydrogen) atoms. The third kappa shape index (κ3) is 7.10. The van der Waals surface area contributed by atoms with Gasteiger partial charge in [-0.25, -0.2) is 0 Å². The van der Waals surface area contributed by atoms with Crippen LogP contribution in [0.4, 0.5) is 0 Å². The van der Waals surface area contributed by atoms with Crippen LogP contribution in [0.3, 0.4) is 0 Å². The summed E-state index contributed by atoms with van der Waals surface area (Å²) in [6, 6.07) is 8.50. The molecule has 2 aromatic carbocycles. The van der Waals surface area contributed by atoms with Gasteiger partial charge >= 0.3 is 0 Å². The van der Waals surface area contributed by atoms with Gasteiger partial charge in [-0.3, -0.25) is 20.4 Å². The summed E-state index contributed by atoms with van der Waals surface area (Å²) in [4.78, 5) is 23.8. The van der Waals surface area contributed by atoms with E-state index in [2.05, 4.69) is 26.8 Å². The lowest BCUT2D eigenvalue weighted by Crippen LogP contribution is -2.45. The van der Waals surface area contributed by atoms with Crippen LogP contribution in [-0.4, -0.2) is 25.0 Å². The number of ether oxygens (including phenoxy) is 2. The Kier molecular flexibility index (Phi) is 8.61. The van der Waals surface area contributed by atoms with Crippen LogP contribution in [0.25, 0.3) is 0 Å². The number of benzene rings is 2. The molecule has 0 bridgehead atoms. The highest BCUT2D eigenvalue weighted by molar-refractivity contribution is 9.10. The Labute approximate surface area is 188 Å². The van der Waals surface area contributed by atoms with Crippen molar-refractivity contribution in [2.45, 2.75) is 26.7 Å². The number of halogens is 3. The minimum Gasteiger partial charge on any atom is -0.483 e. The molecule has 0 spiro atoms. The summed E-state index contributed by atoms with van der Waals surface area (Å²) in [5.74, 6) is 0.113. The van der Waals surface area contributed by atoms with E-state index in [0.29, 0.717) is 16.5 Å². The van der Waals surface area contributed by atoms with Crippen molar-refractivity contribution < 1.29 is 19.1 Å². The fourth-order valence-electron chi connectivity index (χ4n) is 2.34. The lowest BCUT2D eigenvalue weighted by Gasteiger charge is -2.16. The minimum atomic E-state index is -0.549. The van der Waals surface area contributed by atoms with Crippen LogP contribution in [0, 0.1) is 6.92 Å². The molecule has 156 valence electrons. The van der Waals surface area contributed by atoms with Gasteiger partial charge in [-0.15, -0.1) is 0 Å². The smallest absolute Gasteiger partial charge is 0.276 e. The number of hydrazine groups is 1. The standard InChI is InChI=1S/C20H21BrCl2N2O4/c1-11(2)14-8-15(21)12(3)6-18(14)29-10-20(27)25-24-19(26)9-28-17-5-4-13(22)7-16(17)23/h4-8,11H,9-10H2,1-3H3,(H,24,26)(H,25,27). The molecule has 0 fully saturated rings. The van der Waals surface area contributed by atoms with Gasteiger partial charge in [0, 0.05) is 9.50 Å². The summed E-state index contributed by atoms with van der Waals surface area (Å²) in [6.07, 6.45) is 0. The zero-order valence-electron chi connectivity index (χ0n) is 16.1. The number of hydrogen-bond acceptors (Lipinski definition) is 4. The molecule has 0 aliphatic rings. The number of hydrogen-bond donors (Lipinski definition) is 2. The first-order chi connectivity index (χ1) is 13.7. The van der Waals surface area contributed by atoms with Gasteiger partial charge in [0.2, 0.25) is 0 Å². The molecule has 0 saturated heterocycles. The molecule has 0 atom stereocenters. The average molecular weight is 504 g/mol. The number of carbonyl (C=O) groups excluding carboxylic acids is 2. The normalized spacial score (nSPS) is 10.6. The van der Waals surface area contributed by atoms with Gasteiger partial charge < -0.3 is 9.47 Å². The highest BCUT2D eigenvalue weighted by Crippen LogP contribution is 2.32. The van der Waals surface area contributed by atoms with E-state index in [-0.39, 0.29) is 24.2 Å². The van der Waals surface area contributed by atoms with Crippen LogP contribution < -0.4 is 20.3 Å². The largest absolute Gasteiger partial charge is 0.483 e. The van der Waals surface area contributed by atoms with Crippen LogP contribution in [0.15, 0.2) is 34.8 Å². The molecule has 9 heteroatoms. The summed E-state index contributed by atoms with van der Waals surface area (Å²) in [5.41, 5.74) is 6.51. The monoisotopic (exact) mass is 502 g/mol. The topological polar surface area (TPSA) is 76.7 Å². The van der Waals surface area contributed by atoms with Gasteiger partial charge in [0.05, 0.1) is 5.02 Å². The molecule has 0 aliphatic heterocycles. The lowest BCUT2D eigenvalue weighted by atomic mass is 10.0. The zero-order valence-corrected chi connectivity index (χ0v) is 19.2. The highest BCUT2D eigenvalue weighted by Gasteiger charge is 2.13. The minimum absolute atomic E-state index is 0.224. The maximum absolute atomic E-state index is 12.0. The molecule has 2 aromatic rings. The summed E-state index contributed by atoms with van der Waals surface area (Å²) >= 11 is 15.3. The maximum Gasteiger partial charge on any atom is 0.276 e. The summed E-state index contributed by atoms with van der Waals surface area (Å²) in [6.45, 7) is 5.44. The molecule has 0 unspecified atom stereocenters. The van der Waals surface area contributed by atoms with Crippen molar-refractivity contribution in [3.8, 4) is 11.5 Å². The number of aryl methyl sites for hydroxylation is 1. The van der Waals surface area contributed by atoms with E-state index in [1.165, 1.54) is 6.07 Å². The van der Waals surface area contributed by atoms with Crippen LogP contribution in [0.1, 0.15) is 30.9 Å². The number of nitrogens with one attached hydrogen (secondary N) is 2. The Hall–Kier alpha value is -1.96. The van der Waals surface area contributed by atoms with Gasteiger partial charge in [-0.1, -0.05) is 53.0 Å². The van der Waals surface area contributed by atoms with Crippen LogP contribution in [0.2, 0.25) is 10.0 Å². The molecule has 2 amide bonds. The van der Waals surface area contributed by atoms with Crippen LogP contribution in [-0.2, 0) is 9.59 Å². The first kappa shape index (κ1) is 23.3. The molecule has 0 aliphatic carbocycles. The molecule has 0 saturated carbocycles. The van der Waals surface area contributed by atoms with E-state index < -0.39 is 11.8 Å². The first-order valence-corrected chi connectivity index (χ1v) is 10.3. The molecule has 6 nitrogen and oxygen atoms in total. The molecule has 0 heterocycles. The van der Waals surface area contributed by atoms with E-state index in [9.17, 15) is 9.59 Å². The summed E-state index contributed by atoms with van der Waals surface area (Å²) in [7, 11) is 0. The van der Waals surface area contributed by atoms with Gasteiger partial charge in [-0.05, 0) is 54.3 Å². The van der Waals surface area contributed by atoms with Crippen molar-refractivity contribution in [2.24, 2.45) is 0 Å². The van der Waals surface area contributed by atoms with Crippen molar-refractivity contribution in [1.82, 2.24) is 10.9 Å². The predicted octanol–water partition coefficient (Wildman–Crippen LogP) is 4.79. The second kappa shape index (κ2) is 10.7. The fourth-order valence-corrected chi connectivity index (χ4v) is 3.16. The molecular weight excluding hydrogens is 483 g/mol. The first-order valence-electron chi connectivity index (χ1n) is 8.75. The van der Waals surface area contributed by atoms with E-state index in [4.69, 9.17) is 32.7 Å². The van der Waals surface area contributed by atoms with Crippen molar-refractivity contribution in [1.29, 1.82) is 0 Å². The van der Waals surface area contributed by atoms with Crippen LogP contribution in [0.5, 0.6) is 11.5 Å². The third-order valence-corrected chi connectivity index (χ3v) is 5.25. The van der Waals surface area contributed by atoms with Crippen molar-refractivity contribution in [3.05, 3.63) is 56.0 Å². The maximum atomic E-state index is 12.0. The van der Waals surface area contributed by atoms with Crippen molar-refractivity contribution >= 4 is 50.9 Å². The zero-order chi connectivity index (χ0) is 21.6. The Morgan fingerprint density at radius 1 is 1.00 bits per heavy atom. The van der Waals surface area contributed by atoms with Crippen molar-refractivity contribution in [3.63, 3.8) is 0 Å². The van der Waals surface area contributed by atoms with Crippen molar-refractivity contribution in [2.75, 3.05) is 13.2 Å². The molecular formula is C20H21BrCl2N2O4. The van der Waals surface area contributed by atoms with E-state index in [1.807, 2.05) is 32.9 Å². The summed E-state index contributed by atoms with van der Waals surface area (Å²) in [5, 5.41) is 0.745. The SMILES string of the molecule is Cc1cc(OCC(=O)NNC(=O)COc2ccc(Cl)cc2Cl)c(C(C)C)cc1Br. The summed E-state index contributed by atoms with van der Waals surface area (Å²) < 4.78 is 11.9. The van der Waals surface area contributed by atoms with Crippen LogP contribution >= 0.6 is 39.1 Å². The second-order valence-corrected chi connectivity index (χ2v) is 8.24. The Morgan fingerprint density at radius 3 is 2.14 bits per heavy atom. The molecule has 2 N–H and O–H groups in total. The quantitative estimate of drug-likeness (QED) is 0.532. The van der Waals surface area contributed by atoms with E-state index in [1.54, 1.807) is 12.1 Å². The highest BCUT2D eigenvalue weighted by atomic mass is 79.9. The predicted molar refractivity (Wildman–Crippen MR) is 117 cm³/mol. The third-order valence-electron chi connectivity index (χ3n) is 3.87. The number of rotatable bonds is 7.